The van der Waals surface area contributed by atoms with Crippen molar-refractivity contribution in [1.82, 2.24) is 25.3 Å². The summed E-state index contributed by atoms with van der Waals surface area (Å²) in [4.78, 5) is 69.7. The molecule has 1 saturated carbocycles. The molecule has 7 atom stereocenters. The molecule has 14 heteroatoms. The van der Waals surface area contributed by atoms with Crippen LogP contribution < -0.4 is 16.2 Å². The van der Waals surface area contributed by atoms with Crippen LogP contribution in [0.4, 0.5) is 4.79 Å². The predicted octanol–water partition coefficient (Wildman–Crippen LogP) is 4.20. The first kappa shape index (κ1) is 35.8. The van der Waals surface area contributed by atoms with E-state index in [1.807, 2.05) is 41.9 Å². The van der Waals surface area contributed by atoms with Crippen molar-refractivity contribution in [2.45, 2.75) is 120 Å². The monoisotopic (exact) mass is 715 g/mol. The lowest BCUT2D eigenvalue weighted by molar-refractivity contribution is -0.145. The fourth-order valence-corrected chi connectivity index (χ4v) is 10.2. The van der Waals surface area contributed by atoms with Gasteiger partial charge in [0.2, 0.25) is 11.8 Å². The van der Waals surface area contributed by atoms with Gasteiger partial charge in [0.25, 0.3) is 5.56 Å². The standard InChI is InChI=1S/C35H49N5O7S2/c1-34(2,3)47-33(46)37-26-10-8-6-4-5-7-9-23-16-35(23,32(44)45)38-29(41)27-15-24(18-39(27)30(26)42)40-31(43)28(22-12-14-49-20-22)25(17-36-40)21-11-13-48-19-21/h7,9,17,21-24,26-27H,4-6,8,10-16,18-20H2,1-3H3,(H,37,46)(H,38,41)(H,44,45)/b9-7-/t21?,22?,23-,24+,26+,27+,35-/m1/s1. The largest absolute Gasteiger partial charge is 0.479 e. The van der Waals surface area contributed by atoms with Crippen LogP contribution in [-0.2, 0) is 19.1 Å². The van der Waals surface area contributed by atoms with Crippen molar-refractivity contribution in [2.75, 3.05) is 29.6 Å². The summed E-state index contributed by atoms with van der Waals surface area (Å²) >= 11 is 3.73. The molecule has 1 aromatic heterocycles. The van der Waals surface area contributed by atoms with Crippen LogP contribution in [0, 0.1) is 5.92 Å². The number of aromatic nitrogens is 2. The molecule has 49 heavy (non-hydrogen) atoms. The van der Waals surface area contributed by atoms with Crippen molar-refractivity contribution in [3.8, 4) is 0 Å². The molecule has 4 aliphatic heterocycles. The highest BCUT2D eigenvalue weighted by molar-refractivity contribution is 7.99. The number of nitrogens with zero attached hydrogens (tertiary/aromatic N) is 3. The molecular weight excluding hydrogens is 667 g/mol. The van der Waals surface area contributed by atoms with Gasteiger partial charge in [0.15, 0.2) is 0 Å². The summed E-state index contributed by atoms with van der Waals surface area (Å²) in [7, 11) is 0. The summed E-state index contributed by atoms with van der Waals surface area (Å²) in [6.45, 7) is 5.26. The van der Waals surface area contributed by atoms with Gasteiger partial charge < -0.3 is 25.4 Å². The van der Waals surface area contributed by atoms with Crippen molar-refractivity contribution < 1.29 is 29.0 Å². The minimum absolute atomic E-state index is 0.0250. The molecule has 0 spiro atoms. The molecule has 1 aliphatic carbocycles. The van der Waals surface area contributed by atoms with Crippen LogP contribution in [0.5, 0.6) is 0 Å². The minimum atomic E-state index is -1.45. The van der Waals surface area contributed by atoms with Crippen LogP contribution in [0.3, 0.4) is 0 Å². The average Bonchev–Trinajstić information content (AvgIpc) is 3.56. The van der Waals surface area contributed by atoms with Crippen LogP contribution in [-0.4, -0.2) is 96.4 Å². The summed E-state index contributed by atoms with van der Waals surface area (Å²) in [6.07, 6.45) is 10.6. The molecule has 1 aromatic rings. The summed E-state index contributed by atoms with van der Waals surface area (Å²) in [5.41, 5.74) is -0.552. The number of hydrogen-bond acceptors (Lipinski definition) is 9. The van der Waals surface area contributed by atoms with Crippen molar-refractivity contribution in [2.24, 2.45) is 5.92 Å². The van der Waals surface area contributed by atoms with Gasteiger partial charge in [0.05, 0.1) is 12.2 Å². The van der Waals surface area contributed by atoms with Gasteiger partial charge in [-0.1, -0.05) is 25.0 Å². The molecule has 268 valence electrons. The molecule has 3 N–H and O–H groups in total. The van der Waals surface area contributed by atoms with Crippen molar-refractivity contribution >= 4 is 47.4 Å². The third-order valence-electron chi connectivity index (χ3n) is 10.5. The number of amides is 3. The molecule has 12 nitrogen and oxygen atoms in total. The van der Waals surface area contributed by atoms with Crippen LogP contribution >= 0.6 is 23.5 Å². The maximum atomic E-state index is 14.4. The molecule has 4 fully saturated rings. The summed E-state index contributed by atoms with van der Waals surface area (Å²) < 4.78 is 6.95. The number of allylic oxidation sites excluding steroid dienone is 1. The van der Waals surface area contributed by atoms with E-state index >= 15 is 0 Å². The lowest BCUT2D eigenvalue weighted by Gasteiger charge is -2.30. The number of nitrogens with one attached hydrogen (secondary N) is 2. The van der Waals surface area contributed by atoms with Crippen LogP contribution in [0.1, 0.15) is 108 Å². The highest BCUT2D eigenvalue weighted by Crippen LogP contribution is 2.46. The molecule has 5 heterocycles. The minimum Gasteiger partial charge on any atom is -0.479 e. The smallest absolute Gasteiger partial charge is 0.408 e. The fraction of sp³-hybridized carbons (Fsp3) is 0.714. The lowest BCUT2D eigenvalue weighted by Crippen LogP contribution is -2.56. The Morgan fingerprint density at radius 2 is 1.80 bits per heavy atom. The quantitative estimate of drug-likeness (QED) is 0.377. The first-order valence-corrected chi connectivity index (χ1v) is 20.0. The number of carbonyl (C=O) groups excluding carboxylic acids is 3. The van der Waals surface area contributed by atoms with E-state index in [1.54, 1.807) is 20.8 Å². The Hall–Kier alpha value is -3.00. The van der Waals surface area contributed by atoms with E-state index in [2.05, 4.69) is 10.6 Å². The third-order valence-corrected chi connectivity index (χ3v) is 12.8. The van der Waals surface area contributed by atoms with Crippen LogP contribution in [0.15, 0.2) is 23.1 Å². The Balaban J connectivity index is 1.35. The van der Waals surface area contributed by atoms with Gasteiger partial charge >= 0.3 is 12.1 Å². The number of fused-ring (bicyclic) bond motifs is 2. The Morgan fingerprint density at radius 1 is 1.06 bits per heavy atom. The van der Waals surface area contributed by atoms with E-state index in [4.69, 9.17) is 9.84 Å². The van der Waals surface area contributed by atoms with Gasteiger partial charge in [0, 0.05) is 36.0 Å². The number of ether oxygens (including phenoxy) is 1. The number of carbonyl (C=O) groups is 4. The second kappa shape index (κ2) is 14.7. The maximum absolute atomic E-state index is 14.4. The highest BCUT2D eigenvalue weighted by Gasteiger charge is 2.61. The zero-order valence-electron chi connectivity index (χ0n) is 28.7. The van der Waals surface area contributed by atoms with Gasteiger partial charge in [-0.05, 0) is 88.2 Å². The second-order valence-electron chi connectivity index (χ2n) is 15.1. The van der Waals surface area contributed by atoms with Crippen molar-refractivity contribution in [3.63, 3.8) is 0 Å². The Morgan fingerprint density at radius 3 is 2.47 bits per heavy atom. The zero-order valence-corrected chi connectivity index (χ0v) is 30.3. The molecule has 5 aliphatic rings. The number of thioether (sulfide) groups is 2. The number of carboxylic acid groups (broad SMARTS) is 1. The van der Waals surface area contributed by atoms with Gasteiger partial charge in [0.1, 0.15) is 23.2 Å². The molecule has 0 radical (unpaired) electrons. The number of carboxylic acids is 1. The molecule has 6 rings (SSSR count). The Labute approximate surface area is 295 Å². The summed E-state index contributed by atoms with van der Waals surface area (Å²) in [5, 5.41) is 20.4. The first-order valence-electron chi connectivity index (χ1n) is 17.7. The first-order chi connectivity index (χ1) is 23.4. The number of rotatable bonds is 5. The van der Waals surface area contributed by atoms with E-state index in [9.17, 15) is 29.1 Å². The van der Waals surface area contributed by atoms with Crippen molar-refractivity contribution in [3.05, 3.63) is 39.8 Å². The van der Waals surface area contributed by atoms with E-state index < -0.39 is 53.1 Å². The van der Waals surface area contributed by atoms with E-state index in [-0.39, 0.29) is 42.7 Å². The Kier molecular flexibility index (Phi) is 10.7. The fourth-order valence-electron chi connectivity index (χ4n) is 7.74. The lowest BCUT2D eigenvalue weighted by atomic mass is 9.88. The average molecular weight is 716 g/mol. The van der Waals surface area contributed by atoms with E-state index in [0.717, 1.165) is 66.2 Å². The van der Waals surface area contributed by atoms with Gasteiger partial charge in [-0.15, -0.1) is 0 Å². The number of alkyl carbamates (subject to hydrolysis) is 1. The maximum Gasteiger partial charge on any atom is 0.408 e. The highest BCUT2D eigenvalue weighted by atomic mass is 32.2. The molecule has 3 amide bonds. The topological polar surface area (TPSA) is 160 Å². The number of hydrogen-bond donors (Lipinski definition) is 3. The van der Waals surface area contributed by atoms with Gasteiger partial charge in [-0.2, -0.15) is 28.6 Å². The normalized spacial score (nSPS) is 33.1. The number of aliphatic carboxylic acids is 1. The van der Waals surface area contributed by atoms with E-state index in [0.29, 0.717) is 12.8 Å². The summed E-state index contributed by atoms with van der Waals surface area (Å²) in [6, 6.07) is -2.63. The molecular formula is C35H49N5O7S2. The molecule has 0 aromatic carbocycles. The Bertz CT molecular complexity index is 1530. The second-order valence-corrected chi connectivity index (χ2v) is 17.4. The predicted molar refractivity (Wildman–Crippen MR) is 189 cm³/mol. The molecule has 2 unspecified atom stereocenters. The van der Waals surface area contributed by atoms with Gasteiger partial charge in [-0.3, -0.25) is 14.4 Å². The molecule has 0 bridgehead atoms. The third kappa shape index (κ3) is 7.84. The van der Waals surface area contributed by atoms with Gasteiger partial charge in [-0.25, -0.2) is 14.3 Å². The SMILES string of the molecule is CC(C)(C)OC(=O)N[C@H]1CCCCC/C=C\[C@@H]2C[C@@]2(C(=O)O)NC(=O)[C@@H]2C[C@H](n3ncc(C4CCSC4)c(C4CCSC4)c3=O)CN2C1=O. The van der Waals surface area contributed by atoms with E-state index in [1.165, 1.54) is 9.58 Å². The van der Waals surface area contributed by atoms with Crippen molar-refractivity contribution in [1.29, 1.82) is 0 Å². The summed E-state index contributed by atoms with van der Waals surface area (Å²) in [5.74, 6) is 1.77. The van der Waals surface area contributed by atoms with Crippen LogP contribution in [0.25, 0.3) is 0 Å². The van der Waals surface area contributed by atoms with Crippen LogP contribution in [0.2, 0.25) is 0 Å². The molecule has 3 saturated heterocycles. The zero-order chi connectivity index (χ0) is 34.9.